The summed E-state index contributed by atoms with van der Waals surface area (Å²) >= 11 is 6.54. The van der Waals surface area contributed by atoms with E-state index in [1.54, 1.807) is 28.9 Å². The molecule has 3 aliphatic rings. The van der Waals surface area contributed by atoms with E-state index < -0.39 is 35.0 Å². The molecule has 0 saturated carbocycles. The van der Waals surface area contributed by atoms with Crippen LogP contribution in [0, 0.1) is 18.8 Å². The Hall–Kier alpha value is -2.42. The molecular formula is C27H35ClN2O6. The van der Waals surface area contributed by atoms with E-state index in [0.717, 1.165) is 18.4 Å². The van der Waals surface area contributed by atoms with Crippen LogP contribution in [0.2, 0.25) is 5.02 Å². The van der Waals surface area contributed by atoms with Gasteiger partial charge in [-0.05, 0) is 51.2 Å². The minimum absolute atomic E-state index is 0.107. The number of likely N-dealkylation sites (tertiary alicyclic amines) is 1. The fourth-order valence-electron chi connectivity index (χ4n) is 6.60. The lowest BCUT2D eigenvalue weighted by atomic mass is 9.66. The molecule has 1 spiro atoms. The van der Waals surface area contributed by atoms with Crippen molar-refractivity contribution in [2.24, 2.45) is 11.8 Å². The number of amides is 2. The van der Waals surface area contributed by atoms with Crippen LogP contribution in [0.15, 0.2) is 30.9 Å². The molecule has 9 heteroatoms. The van der Waals surface area contributed by atoms with E-state index in [1.807, 2.05) is 19.1 Å². The Morgan fingerprint density at radius 3 is 2.64 bits per heavy atom. The molecule has 1 aromatic rings. The van der Waals surface area contributed by atoms with Gasteiger partial charge in [0.15, 0.2) is 0 Å². The average Bonchev–Trinajstić information content (AvgIpc) is 3.38. The second kappa shape index (κ2) is 10.1. The van der Waals surface area contributed by atoms with Gasteiger partial charge in [-0.15, -0.1) is 6.58 Å². The third-order valence-electron chi connectivity index (χ3n) is 8.12. The van der Waals surface area contributed by atoms with Crippen molar-refractivity contribution in [2.45, 2.75) is 69.6 Å². The Balaban J connectivity index is 1.76. The topological polar surface area (TPSA) is 107 Å². The summed E-state index contributed by atoms with van der Waals surface area (Å²) in [5.74, 6) is -3.67. The van der Waals surface area contributed by atoms with Crippen molar-refractivity contribution in [1.29, 1.82) is 0 Å². The first-order chi connectivity index (χ1) is 17.1. The van der Waals surface area contributed by atoms with E-state index in [9.17, 15) is 19.5 Å². The van der Waals surface area contributed by atoms with E-state index in [2.05, 4.69) is 6.58 Å². The van der Waals surface area contributed by atoms with Crippen LogP contribution in [-0.2, 0) is 19.1 Å². The number of aliphatic hydroxyl groups is 1. The molecule has 2 N–H and O–H groups in total. The number of aliphatic carboxylic acids is 1. The summed E-state index contributed by atoms with van der Waals surface area (Å²) in [5, 5.41) is 19.6. The zero-order chi connectivity index (χ0) is 26.3. The average molecular weight is 519 g/mol. The third kappa shape index (κ3) is 4.13. The van der Waals surface area contributed by atoms with Crippen LogP contribution in [0.3, 0.4) is 0 Å². The lowest BCUT2D eigenvalue weighted by molar-refractivity contribution is -0.154. The highest BCUT2D eigenvalue weighted by molar-refractivity contribution is 6.34. The number of benzene rings is 1. The van der Waals surface area contributed by atoms with Crippen molar-refractivity contribution in [3.05, 3.63) is 41.4 Å². The number of hydrogen-bond acceptors (Lipinski definition) is 5. The van der Waals surface area contributed by atoms with Crippen LogP contribution in [0.1, 0.15) is 51.0 Å². The highest BCUT2D eigenvalue weighted by Gasteiger charge is 2.78. The number of rotatable bonds is 11. The maximum atomic E-state index is 14.4. The molecule has 2 amide bonds. The zero-order valence-corrected chi connectivity index (χ0v) is 21.7. The van der Waals surface area contributed by atoms with Crippen LogP contribution in [0.25, 0.3) is 0 Å². The molecule has 36 heavy (non-hydrogen) atoms. The monoisotopic (exact) mass is 518 g/mol. The lowest BCUT2D eigenvalue weighted by Gasteiger charge is -2.37. The summed E-state index contributed by atoms with van der Waals surface area (Å²) in [6, 6.07) is 4.43. The fraction of sp³-hybridized carbons (Fsp3) is 0.593. The number of carboxylic acid groups (broad SMARTS) is 1. The predicted octanol–water partition coefficient (Wildman–Crippen LogP) is 3.57. The standard InChI is InChI=1S/C27H35ClN2O6/c1-4-14-29(21-17(2)10-9-11-18(21)28)24(33)22-27-13-12-26(3,36-27)20(25(34)35)19(27)23(32)30(22)15-7-5-6-8-16-31/h4,9-11,19-20,22,31H,1,5-8,12-16H2,2-3H3,(H,34,35)/t19-,20-,22?,26+,27?/m0/s1. The van der Waals surface area contributed by atoms with E-state index in [0.29, 0.717) is 42.9 Å². The molecule has 196 valence electrons. The minimum atomic E-state index is -1.20. The van der Waals surface area contributed by atoms with Crippen molar-refractivity contribution < 1.29 is 29.3 Å². The van der Waals surface area contributed by atoms with Crippen LogP contribution in [0.5, 0.6) is 0 Å². The normalized spacial score (nSPS) is 30.5. The summed E-state index contributed by atoms with van der Waals surface area (Å²) in [6.45, 7) is 8.03. The van der Waals surface area contributed by atoms with Gasteiger partial charge in [0, 0.05) is 19.7 Å². The summed E-state index contributed by atoms with van der Waals surface area (Å²) in [4.78, 5) is 43.7. The Bertz CT molecular complexity index is 1040. The van der Waals surface area contributed by atoms with Crippen molar-refractivity contribution in [2.75, 3.05) is 24.6 Å². The molecule has 3 fully saturated rings. The number of unbranched alkanes of at least 4 members (excludes halogenated alkanes) is 3. The van der Waals surface area contributed by atoms with Gasteiger partial charge in [-0.25, -0.2) is 0 Å². The Morgan fingerprint density at radius 1 is 1.28 bits per heavy atom. The Kier molecular flexibility index (Phi) is 7.51. The SMILES string of the molecule is C=CCN(C(=O)C1N(CCCCCCO)C(=O)[C@@H]2[C@@H](C(=O)O)[C@@]3(C)CCC12O3)c1c(C)cccc1Cl. The molecule has 8 nitrogen and oxygen atoms in total. The third-order valence-corrected chi connectivity index (χ3v) is 8.42. The van der Waals surface area contributed by atoms with Crippen LogP contribution in [0.4, 0.5) is 5.69 Å². The molecule has 0 aliphatic carbocycles. The Labute approximate surface area is 216 Å². The quantitative estimate of drug-likeness (QED) is 0.342. The van der Waals surface area contributed by atoms with Gasteiger partial charge in [0.25, 0.3) is 5.91 Å². The number of halogens is 1. The highest BCUT2D eigenvalue weighted by Crippen LogP contribution is 2.63. The lowest BCUT2D eigenvalue weighted by Crippen LogP contribution is -2.56. The number of aryl methyl sites for hydroxylation is 1. The number of aliphatic hydroxyl groups excluding tert-OH is 1. The number of carbonyl (C=O) groups excluding carboxylic acids is 2. The van der Waals surface area contributed by atoms with Gasteiger partial charge in [-0.3, -0.25) is 14.4 Å². The molecule has 3 saturated heterocycles. The second-order valence-electron chi connectivity index (χ2n) is 10.4. The van der Waals surface area contributed by atoms with Gasteiger partial charge in [-0.1, -0.05) is 42.7 Å². The largest absolute Gasteiger partial charge is 0.481 e. The molecule has 0 radical (unpaired) electrons. The Morgan fingerprint density at radius 2 is 2.00 bits per heavy atom. The number of hydrogen-bond donors (Lipinski definition) is 2. The summed E-state index contributed by atoms with van der Waals surface area (Å²) in [6.07, 6.45) is 5.41. The van der Waals surface area contributed by atoms with Crippen LogP contribution >= 0.6 is 11.6 Å². The number of anilines is 1. The van der Waals surface area contributed by atoms with Crippen molar-refractivity contribution >= 4 is 35.1 Å². The van der Waals surface area contributed by atoms with Gasteiger partial charge in [0.2, 0.25) is 5.91 Å². The molecule has 2 unspecified atom stereocenters. The smallest absolute Gasteiger partial charge is 0.310 e. The molecule has 4 rings (SSSR count). The van der Waals surface area contributed by atoms with E-state index in [4.69, 9.17) is 21.4 Å². The molecule has 2 bridgehead atoms. The van der Waals surface area contributed by atoms with Gasteiger partial charge in [0.05, 0.1) is 28.1 Å². The zero-order valence-electron chi connectivity index (χ0n) is 20.9. The van der Waals surface area contributed by atoms with E-state index in [-0.39, 0.29) is 25.0 Å². The number of ether oxygens (including phenoxy) is 1. The van der Waals surface area contributed by atoms with E-state index in [1.165, 1.54) is 0 Å². The van der Waals surface area contributed by atoms with Gasteiger partial charge >= 0.3 is 5.97 Å². The predicted molar refractivity (Wildman–Crippen MR) is 136 cm³/mol. The molecule has 3 aliphatic heterocycles. The van der Waals surface area contributed by atoms with Crippen molar-refractivity contribution in [1.82, 2.24) is 4.90 Å². The van der Waals surface area contributed by atoms with Gasteiger partial charge in [-0.2, -0.15) is 0 Å². The molecule has 5 atom stereocenters. The molecule has 0 aromatic heterocycles. The second-order valence-corrected chi connectivity index (χ2v) is 10.8. The number of fused-ring (bicyclic) bond motifs is 1. The van der Waals surface area contributed by atoms with Gasteiger partial charge in [0.1, 0.15) is 11.6 Å². The highest BCUT2D eigenvalue weighted by atomic mass is 35.5. The maximum absolute atomic E-state index is 14.4. The number of nitrogens with zero attached hydrogens (tertiary/aromatic N) is 2. The first-order valence-electron chi connectivity index (χ1n) is 12.6. The van der Waals surface area contributed by atoms with Crippen molar-refractivity contribution in [3.63, 3.8) is 0 Å². The molecular weight excluding hydrogens is 484 g/mol. The van der Waals surface area contributed by atoms with Crippen LogP contribution < -0.4 is 4.90 Å². The molecule has 1 aromatic carbocycles. The summed E-state index contributed by atoms with van der Waals surface area (Å²) < 4.78 is 6.47. The first kappa shape index (κ1) is 26.6. The van der Waals surface area contributed by atoms with Gasteiger partial charge < -0.3 is 24.7 Å². The minimum Gasteiger partial charge on any atom is -0.481 e. The summed E-state index contributed by atoms with van der Waals surface area (Å²) in [5.41, 5.74) is -0.848. The maximum Gasteiger partial charge on any atom is 0.310 e. The first-order valence-corrected chi connectivity index (χ1v) is 13.0. The molecule has 3 heterocycles. The van der Waals surface area contributed by atoms with Crippen LogP contribution in [-0.4, -0.2) is 69.8 Å². The number of carboxylic acids is 1. The fourth-order valence-corrected chi connectivity index (χ4v) is 6.93. The summed E-state index contributed by atoms with van der Waals surface area (Å²) in [7, 11) is 0. The van der Waals surface area contributed by atoms with Crippen molar-refractivity contribution in [3.8, 4) is 0 Å². The number of carbonyl (C=O) groups is 3. The van der Waals surface area contributed by atoms with E-state index >= 15 is 0 Å². The number of para-hydroxylation sites is 1.